The summed E-state index contributed by atoms with van der Waals surface area (Å²) in [6.45, 7) is 9.41. The van der Waals surface area contributed by atoms with Crippen LogP contribution in [0, 0.1) is 18.8 Å². The fraction of sp³-hybridized carbons (Fsp3) is 0.450. The van der Waals surface area contributed by atoms with Crippen LogP contribution in [0.2, 0.25) is 0 Å². The molecule has 2 aromatic rings. The van der Waals surface area contributed by atoms with Crippen LogP contribution in [0.4, 0.5) is 0 Å². The molecule has 0 aliphatic carbocycles. The maximum absolute atomic E-state index is 12.5. The number of benzene rings is 1. The van der Waals surface area contributed by atoms with Gasteiger partial charge in [-0.1, -0.05) is 44.2 Å². The first kappa shape index (κ1) is 16.8. The van der Waals surface area contributed by atoms with Crippen LogP contribution in [0.3, 0.4) is 0 Å². The zero-order valence-corrected chi connectivity index (χ0v) is 14.8. The molecule has 3 rings (SSSR count). The van der Waals surface area contributed by atoms with Gasteiger partial charge in [0.1, 0.15) is 0 Å². The Kier molecular flexibility index (Phi) is 5.05. The lowest BCUT2D eigenvalue weighted by Crippen LogP contribution is -2.54. The van der Waals surface area contributed by atoms with Crippen LogP contribution in [-0.4, -0.2) is 34.9 Å². The largest absolute Gasteiger partial charge is 0.365 e. The van der Waals surface area contributed by atoms with Gasteiger partial charge in [0.2, 0.25) is 0 Å². The number of H-pyrrole nitrogens is 1. The first-order chi connectivity index (χ1) is 11.5. The number of amides is 1. The second-order valence-electron chi connectivity index (χ2n) is 7.15. The summed E-state index contributed by atoms with van der Waals surface area (Å²) >= 11 is 0. The van der Waals surface area contributed by atoms with Crippen molar-refractivity contribution < 1.29 is 4.79 Å². The van der Waals surface area contributed by atoms with E-state index in [1.807, 2.05) is 19.2 Å². The molecule has 0 bridgehead atoms. The van der Waals surface area contributed by atoms with Crippen LogP contribution in [0.1, 0.15) is 35.5 Å². The molecule has 1 aliphatic heterocycles. The smallest absolute Gasteiger partial charge is 0.253 e. The van der Waals surface area contributed by atoms with Crippen LogP contribution in [0.15, 0.2) is 42.6 Å². The van der Waals surface area contributed by atoms with E-state index in [-0.39, 0.29) is 11.9 Å². The van der Waals surface area contributed by atoms with Crippen molar-refractivity contribution in [2.75, 3.05) is 13.1 Å². The van der Waals surface area contributed by atoms with Crippen molar-refractivity contribution in [2.24, 2.45) is 11.8 Å². The number of rotatable bonds is 4. The van der Waals surface area contributed by atoms with Gasteiger partial charge in [-0.3, -0.25) is 9.69 Å². The predicted octanol–water partition coefficient (Wildman–Crippen LogP) is 3.21. The average molecular weight is 325 g/mol. The molecule has 2 unspecified atom stereocenters. The molecule has 1 saturated heterocycles. The van der Waals surface area contributed by atoms with E-state index in [9.17, 15) is 4.79 Å². The molecule has 1 amide bonds. The molecule has 4 nitrogen and oxygen atoms in total. The fourth-order valence-corrected chi connectivity index (χ4v) is 3.86. The van der Waals surface area contributed by atoms with Crippen molar-refractivity contribution >= 4 is 5.91 Å². The van der Waals surface area contributed by atoms with E-state index in [0.29, 0.717) is 11.8 Å². The number of piperidine rings is 1. The molecule has 2 heterocycles. The molecule has 1 aliphatic rings. The second kappa shape index (κ2) is 7.22. The topological polar surface area (TPSA) is 48.1 Å². The molecule has 0 saturated carbocycles. The van der Waals surface area contributed by atoms with Gasteiger partial charge < -0.3 is 10.3 Å². The van der Waals surface area contributed by atoms with E-state index in [4.69, 9.17) is 0 Å². The molecule has 24 heavy (non-hydrogen) atoms. The van der Waals surface area contributed by atoms with Crippen LogP contribution >= 0.6 is 0 Å². The Bertz CT molecular complexity index is 667. The molecule has 1 aromatic heterocycles. The lowest BCUT2D eigenvalue weighted by molar-refractivity contribution is 0.0732. The van der Waals surface area contributed by atoms with Crippen LogP contribution in [0.5, 0.6) is 0 Å². The molecule has 128 valence electrons. The van der Waals surface area contributed by atoms with Gasteiger partial charge in [0.05, 0.1) is 5.56 Å². The first-order valence-electron chi connectivity index (χ1n) is 8.75. The zero-order chi connectivity index (χ0) is 17.1. The van der Waals surface area contributed by atoms with E-state index in [1.165, 1.54) is 5.56 Å². The second-order valence-corrected chi connectivity index (χ2v) is 7.15. The number of carbonyl (C=O) groups excluding carboxylic acids is 1. The number of nitrogens with zero attached hydrogens (tertiary/aromatic N) is 1. The van der Waals surface area contributed by atoms with Gasteiger partial charge in [0.15, 0.2) is 0 Å². The molecular weight excluding hydrogens is 298 g/mol. The maximum Gasteiger partial charge on any atom is 0.253 e. The van der Waals surface area contributed by atoms with Gasteiger partial charge >= 0.3 is 0 Å². The van der Waals surface area contributed by atoms with Gasteiger partial charge in [0, 0.05) is 37.6 Å². The van der Waals surface area contributed by atoms with Crippen molar-refractivity contribution in [3.63, 3.8) is 0 Å². The lowest BCUT2D eigenvalue weighted by atomic mass is 9.85. The number of hydrogen-bond acceptors (Lipinski definition) is 2. The predicted molar refractivity (Wildman–Crippen MR) is 96.8 cm³/mol. The highest BCUT2D eigenvalue weighted by atomic mass is 16.1. The molecule has 0 spiro atoms. The highest BCUT2D eigenvalue weighted by molar-refractivity contribution is 5.95. The first-order valence-corrected chi connectivity index (χ1v) is 8.75. The minimum Gasteiger partial charge on any atom is -0.365 e. The third-order valence-corrected chi connectivity index (χ3v) is 5.06. The SMILES string of the molecule is Cc1[nH]ccc1C(=O)NC1C(C)CN(Cc2ccccc2)CC1C. The fourth-order valence-electron chi connectivity index (χ4n) is 3.86. The minimum atomic E-state index is 0.0361. The molecular formula is C20H27N3O. The number of nitrogens with one attached hydrogen (secondary N) is 2. The van der Waals surface area contributed by atoms with Gasteiger partial charge in [0.25, 0.3) is 5.91 Å². The van der Waals surface area contributed by atoms with Gasteiger partial charge in [-0.25, -0.2) is 0 Å². The monoisotopic (exact) mass is 325 g/mol. The number of aromatic amines is 1. The van der Waals surface area contributed by atoms with Crippen molar-refractivity contribution in [1.82, 2.24) is 15.2 Å². The summed E-state index contributed by atoms with van der Waals surface area (Å²) in [6.07, 6.45) is 1.82. The molecule has 4 heteroatoms. The van der Waals surface area contributed by atoms with Crippen LogP contribution in [-0.2, 0) is 6.54 Å². The summed E-state index contributed by atoms with van der Waals surface area (Å²) in [6, 6.07) is 12.7. The number of carbonyl (C=O) groups is 1. The number of likely N-dealkylation sites (tertiary alicyclic amines) is 1. The Morgan fingerprint density at radius 1 is 1.17 bits per heavy atom. The summed E-state index contributed by atoms with van der Waals surface area (Å²) in [5, 5.41) is 3.26. The number of aryl methyl sites for hydroxylation is 1. The van der Waals surface area contributed by atoms with Crippen LogP contribution in [0.25, 0.3) is 0 Å². The maximum atomic E-state index is 12.5. The Balaban J connectivity index is 1.61. The summed E-state index contributed by atoms with van der Waals surface area (Å²) in [7, 11) is 0. The molecule has 0 radical (unpaired) electrons. The Morgan fingerprint density at radius 2 is 1.83 bits per heavy atom. The van der Waals surface area contributed by atoms with E-state index < -0.39 is 0 Å². The lowest BCUT2D eigenvalue weighted by Gasteiger charge is -2.41. The molecule has 1 aromatic carbocycles. The van der Waals surface area contributed by atoms with Gasteiger partial charge in [-0.05, 0) is 30.4 Å². The zero-order valence-electron chi connectivity index (χ0n) is 14.8. The molecule has 1 fully saturated rings. The normalized spacial score (nSPS) is 24.7. The van der Waals surface area contributed by atoms with Crippen molar-refractivity contribution in [1.29, 1.82) is 0 Å². The van der Waals surface area contributed by atoms with E-state index in [0.717, 1.165) is 30.9 Å². The summed E-state index contributed by atoms with van der Waals surface area (Å²) in [5.74, 6) is 0.898. The van der Waals surface area contributed by atoms with Crippen molar-refractivity contribution in [3.05, 3.63) is 59.4 Å². The van der Waals surface area contributed by atoms with Crippen molar-refractivity contribution in [3.8, 4) is 0 Å². The average Bonchev–Trinajstić information content (AvgIpc) is 2.98. The minimum absolute atomic E-state index is 0.0361. The third kappa shape index (κ3) is 3.70. The Labute approximate surface area is 144 Å². The van der Waals surface area contributed by atoms with Crippen LogP contribution < -0.4 is 5.32 Å². The molecule has 2 atom stereocenters. The van der Waals surface area contributed by atoms with Gasteiger partial charge in [-0.15, -0.1) is 0 Å². The van der Waals surface area contributed by atoms with E-state index >= 15 is 0 Å². The van der Waals surface area contributed by atoms with Gasteiger partial charge in [-0.2, -0.15) is 0 Å². The third-order valence-electron chi connectivity index (χ3n) is 5.06. The number of hydrogen-bond donors (Lipinski definition) is 2. The molecule has 2 N–H and O–H groups in total. The van der Waals surface area contributed by atoms with E-state index in [2.05, 4.69) is 59.4 Å². The summed E-state index contributed by atoms with van der Waals surface area (Å²) in [4.78, 5) is 18.1. The van der Waals surface area contributed by atoms with E-state index in [1.54, 1.807) is 0 Å². The summed E-state index contributed by atoms with van der Waals surface area (Å²) in [5.41, 5.74) is 3.03. The Hall–Kier alpha value is -2.07. The van der Waals surface area contributed by atoms with Crippen molar-refractivity contribution in [2.45, 2.75) is 33.4 Å². The number of aromatic nitrogens is 1. The standard InChI is InChI=1S/C20H27N3O/c1-14-11-23(13-17-7-5-4-6-8-17)12-15(2)19(14)22-20(24)18-9-10-21-16(18)3/h4-10,14-15,19,21H,11-13H2,1-3H3,(H,22,24). The quantitative estimate of drug-likeness (QED) is 0.907. The summed E-state index contributed by atoms with van der Waals surface area (Å²) < 4.78 is 0. The highest BCUT2D eigenvalue weighted by Crippen LogP contribution is 2.24. The highest BCUT2D eigenvalue weighted by Gasteiger charge is 2.33. The Morgan fingerprint density at radius 3 is 2.42 bits per heavy atom.